The Kier molecular flexibility index (Phi) is 6.04. The molecule has 8 heteroatoms. The summed E-state index contributed by atoms with van der Waals surface area (Å²) in [4.78, 5) is 11.3. The van der Waals surface area contributed by atoms with Gasteiger partial charge in [0.15, 0.2) is 0 Å². The summed E-state index contributed by atoms with van der Waals surface area (Å²) in [7, 11) is -0.696. The molecule has 1 aromatic rings. The van der Waals surface area contributed by atoms with Crippen LogP contribution in [0.1, 0.15) is 40.2 Å². The molecule has 0 unspecified atom stereocenters. The van der Waals surface area contributed by atoms with Crippen LogP contribution in [-0.4, -0.2) is 30.8 Å². The monoisotopic (exact) mass is 431 g/mol. The minimum Gasteiger partial charge on any atom is -0.400 e. The lowest BCUT2D eigenvalue weighted by atomic mass is 9.77. The molecule has 1 heterocycles. The summed E-state index contributed by atoms with van der Waals surface area (Å²) in [6.45, 7) is 9.33. The Balaban J connectivity index is 2.42. The molecule has 25 heavy (non-hydrogen) atoms. The number of halogens is 3. The smallest absolute Gasteiger partial charge is 0.400 e. The van der Waals surface area contributed by atoms with Crippen molar-refractivity contribution in [1.29, 1.82) is 0 Å². The molecule has 0 aromatic heterocycles. The highest BCUT2D eigenvalue weighted by Crippen LogP contribution is 2.39. The molecule has 0 saturated carbocycles. The summed E-state index contributed by atoms with van der Waals surface area (Å²) in [5.74, 6) is -0.672. The van der Waals surface area contributed by atoms with Gasteiger partial charge in [0.1, 0.15) is 5.82 Å². The summed E-state index contributed by atoms with van der Waals surface area (Å²) in [6, 6.07) is 2.84. The van der Waals surface area contributed by atoms with E-state index in [0.717, 1.165) is 0 Å². The van der Waals surface area contributed by atoms with E-state index >= 15 is 0 Å². The van der Waals surface area contributed by atoms with E-state index in [0.29, 0.717) is 20.5 Å². The molecule has 136 valence electrons. The Bertz CT molecular complexity index is 685. The average molecular weight is 433 g/mol. The first-order valence-corrected chi connectivity index (χ1v) is 9.05. The van der Waals surface area contributed by atoms with Gasteiger partial charge >= 0.3 is 7.12 Å². The fourth-order valence-corrected chi connectivity index (χ4v) is 3.19. The summed E-state index contributed by atoms with van der Waals surface area (Å²) < 4.78 is 26.9. The topological polar surface area (TPSA) is 47.6 Å². The second-order valence-electron chi connectivity index (χ2n) is 7.00. The number of rotatable bonds is 4. The van der Waals surface area contributed by atoms with Crippen molar-refractivity contribution in [2.45, 2.75) is 45.8 Å². The maximum Gasteiger partial charge on any atom is 0.492 e. The van der Waals surface area contributed by atoms with E-state index in [2.05, 4.69) is 21.2 Å². The fourth-order valence-electron chi connectivity index (χ4n) is 2.30. The van der Waals surface area contributed by atoms with Gasteiger partial charge in [-0.15, -0.1) is 0 Å². The van der Waals surface area contributed by atoms with Crippen molar-refractivity contribution in [3.05, 3.63) is 38.5 Å². The van der Waals surface area contributed by atoms with E-state index < -0.39 is 24.1 Å². The average Bonchev–Trinajstić information content (AvgIpc) is 2.65. The van der Waals surface area contributed by atoms with Crippen molar-refractivity contribution >= 4 is 46.6 Å². The highest BCUT2D eigenvalue weighted by atomic mass is 79.9. The van der Waals surface area contributed by atoms with Gasteiger partial charge in [0, 0.05) is 28.5 Å². The molecule has 4 nitrogen and oxygen atoms in total. The van der Waals surface area contributed by atoms with Gasteiger partial charge in [-0.1, -0.05) is 33.6 Å². The Morgan fingerprint density at radius 3 is 2.36 bits per heavy atom. The van der Waals surface area contributed by atoms with Gasteiger partial charge < -0.3 is 14.6 Å². The highest BCUT2D eigenvalue weighted by molar-refractivity contribution is 9.10. The summed E-state index contributed by atoms with van der Waals surface area (Å²) >= 11 is 9.19. The molecular formula is C17H21BBrClFNO3. The lowest BCUT2D eigenvalue weighted by molar-refractivity contribution is -0.118. The molecule has 1 saturated heterocycles. The summed E-state index contributed by atoms with van der Waals surface area (Å²) in [5.41, 5.74) is -0.152. The van der Waals surface area contributed by atoms with Crippen molar-refractivity contribution in [1.82, 2.24) is 5.32 Å². The summed E-state index contributed by atoms with van der Waals surface area (Å²) in [5, 5.41) is 3.01. The molecule has 1 N–H and O–H groups in total. The van der Waals surface area contributed by atoms with Crippen molar-refractivity contribution in [3.8, 4) is 0 Å². The minimum atomic E-state index is -0.696. The van der Waals surface area contributed by atoms with Gasteiger partial charge in [0.05, 0.1) is 11.2 Å². The highest BCUT2D eigenvalue weighted by Gasteiger charge is 2.52. The molecule has 0 radical (unpaired) electrons. The van der Waals surface area contributed by atoms with Crippen LogP contribution in [0.4, 0.5) is 4.39 Å². The second-order valence-corrected chi connectivity index (χ2v) is 8.29. The van der Waals surface area contributed by atoms with Gasteiger partial charge in [-0.3, -0.25) is 4.79 Å². The van der Waals surface area contributed by atoms with Crippen LogP contribution < -0.4 is 5.32 Å². The molecule has 0 atom stereocenters. The maximum absolute atomic E-state index is 14.3. The van der Waals surface area contributed by atoms with Crippen molar-refractivity contribution in [2.24, 2.45) is 0 Å². The normalized spacial score (nSPS) is 19.2. The third-order valence-corrected chi connectivity index (χ3v) is 5.35. The number of amides is 1. The lowest BCUT2D eigenvalue weighted by Gasteiger charge is -2.32. The maximum atomic E-state index is 14.3. The van der Waals surface area contributed by atoms with E-state index in [9.17, 15) is 9.18 Å². The number of carbonyl (C=O) groups is 1. The zero-order valence-electron chi connectivity index (χ0n) is 14.9. The van der Waals surface area contributed by atoms with Gasteiger partial charge in [-0.2, -0.15) is 0 Å². The van der Waals surface area contributed by atoms with Gasteiger partial charge in [-0.25, -0.2) is 4.39 Å². The standard InChI is InChI=1S/C17H21BBrClFNO3/c1-10(23)22-9-11(18-24-16(2,3)17(4,5)25-18)6-13-14(19)7-12(20)8-15(13)21/h6-8H,9H2,1-5H3,(H,22,23). The molecule has 0 spiro atoms. The van der Waals surface area contributed by atoms with Crippen LogP contribution in [0, 0.1) is 5.82 Å². The predicted octanol–water partition coefficient (Wildman–Crippen LogP) is 4.39. The number of hydrogen-bond donors (Lipinski definition) is 1. The van der Waals surface area contributed by atoms with Gasteiger partial charge in [0.2, 0.25) is 5.91 Å². The van der Waals surface area contributed by atoms with Crippen LogP contribution in [0.3, 0.4) is 0 Å². The summed E-state index contributed by atoms with van der Waals surface area (Å²) in [6.07, 6.45) is 1.62. The van der Waals surface area contributed by atoms with Crippen molar-refractivity contribution < 1.29 is 18.5 Å². The SMILES string of the molecule is CC(=O)NCC(=Cc1c(F)cc(Cl)cc1Br)B1OC(C)(C)C(C)(C)O1. The molecule has 1 fully saturated rings. The first-order valence-electron chi connectivity index (χ1n) is 7.88. The van der Waals surface area contributed by atoms with Crippen LogP contribution in [0.25, 0.3) is 6.08 Å². The molecular weight excluding hydrogens is 411 g/mol. The molecule has 0 bridgehead atoms. The number of benzene rings is 1. The van der Waals surface area contributed by atoms with E-state index in [-0.39, 0.29) is 12.5 Å². The third kappa shape index (κ3) is 4.64. The first kappa shape index (κ1) is 20.4. The number of carbonyl (C=O) groups excluding carboxylic acids is 1. The lowest BCUT2D eigenvalue weighted by Crippen LogP contribution is -2.41. The van der Waals surface area contributed by atoms with E-state index in [1.165, 1.54) is 13.0 Å². The second kappa shape index (κ2) is 7.39. The predicted molar refractivity (Wildman–Crippen MR) is 102 cm³/mol. The Hall–Kier alpha value is -0.885. The Morgan fingerprint density at radius 1 is 1.32 bits per heavy atom. The third-order valence-electron chi connectivity index (χ3n) is 4.47. The van der Waals surface area contributed by atoms with E-state index in [1.54, 1.807) is 12.1 Å². The largest absolute Gasteiger partial charge is 0.492 e. The Labute approximate surface area is 161 Å². The van der Waals surface area contributed by atoms with Crippen LogP contribution in [0.2, 0.25) is 5.02 Å². The zero-order chi connectivity index (χ0) is 19.0. The van der Waals surface area contributed by atoms with E-state index in [1.807, 2.05) is 27.7 Å². The van der Waals surface area contributed by atoms with Crippen LogP contribution in [0.15, 0.2) is 22.1 Å². The van der Waals surface area contributed by atoms with Crippen molar-refractivity contribution in [2.75, 3.05) is 6.54 Å². The number of hydrogen-bond acceptors (Lipinski definition) is 3. The zero-order valence-corrected chi connectivity index (χ0v) is 17.2. The quantitative estimate of drug-likeness (QED) is 0.718. The van der Waals surface area contributed by atoms with Crippen LogP contribution in [-0.2, 0) is 14.1 Å². The molecule has 0 aliphatic carbocycles. The first-order chi connectivity index (χ1) is 11.4. The van der Waals surface area contributed by atoms with Gasteiger partial charge in [0.25, 0.3) is 0 Å². The minimum absolute atomic E-state index is 0.181. The molecule has 1 aliphatic heterocycles. The van der Waals surface area contributed by atoms with E-state index in [4.69, 9.17) is 20.9 Å². The molecule has 2 rings (SSSR count). The van der Waals surface area contributed by atoms with Crippen molar-refractivity contribution in [3.63, 3.8) is 0 Å². The fraction of sp³-hybridized carbons (Fsp3) is 0.471. The Morgan fingerprint density at radius 2 is 1.88 bits per heavy atom. The van der Waals surface area contributed by atoms with Gasteiger partial charge in [-0.05, 0) is 45.3 Å². The molecule has 1 aromatic carbocycles. The number of nitrogens with one attached hydrogen (secondary N) is 1. The van der Waals surface area contributed by atoms with Crippen LogP contribution >= 0.6 is 27.5 Å². The van der Waals surface area contributed by atoms with Crippen LogP contribution in [0.5, 0.6) is 0 Å². The molecule has 1 amide bonds. The molecule has 1 aliphatic rings.